The molecule has 0 fully saturated rings. The van der Waals surface area contributed by atoms with E-state index in [-0.39, 0.29) is 0 Å². The number of aryl methyl sites for hydroxylation is 1. The Morgan fingerprint density at radius 1 is 1.29 bits per heavy atom. The highest BCUT2D eigenvalue weighted by atomic mass is 16.5. The lowest BCUT2D eigenvalue weighted by Gasteiger charge is -2.22. The first-order valence-electron chi connectivity index (χ1n) is 8.18. The van der Waals surface area contributed by atoms with Crippen LogP contribution in [-0.2, 0) is 20.1 Å². The summed E-state index contributed by atoms with van der Waals surface area (Å²) in [6.07, 6.45) is 1.68. The van der Waals surface area contributed by atoms with Crippen LogP contribution in [0.25, 0.3) is 0 Å². The van der Waals surface area contributed by atoms with Crippen molar-refractivity contribution in [1.29, 1.82) is 0 Å². The highest BCUT2D eigenvalue weighted by Crippen LogP contribution is 2.13. The van der Waals surface area contributed by atoms with Gasteiger partial charge in [-0.3, -0.25) is 0 Å². The van der Waals surface area contributed by atoms with Crippen LogP contribution in [0.15, 0.2) is 35.6 Å². The third kappa shape index (κ3) is 4.97. The number of aliphatic imine (C=N–C) groups is 1. The van der Waals surface area contributed by atoms with Crippen LogP contribution in [0.2, 0.25) is 0 Å². The Bertz CT molecular complexity index is 649. The largest absolute Gasteiger partial charge is 0.494 e. The van der Waals surface area contributed by atoms with E-state index in [4.69, 9.17) is 4.74 Å². The van der Waals surface area contributed by atoms with Crippen molar-refractivity contribution < 1.29 is 4.74 Å². The minimum Gasteiger partial charge on any atom is -0.494 e. The number of guanidine groups is 1. The Labute approximate surface area is 143 Å². The van der Waals surface area contributed by atoms with Crippen LogP contribution in [0.4, 0.5) is 0 Å². The molecule has 1 heterocycles. The predicted octanol–water partition coefficient (Wildman–Crippen LogP) is 1.81. The molecular formula is C17H26N6O. The van der Waals surface area contributed by atoms with E-state index in [1.165, 1.54) is 5.56 Å². The maximum atomic E-state index is 5.48. The van der Waals surface area contributed by atoms with E-state index >= 15 is 0 Å². The summed E-state index contributed by atoms with van der Waals surface area (Å²) >= 11 is 0. The van der Waals surface area contributed by atoms with Gasteiger partial charge in [0.15, 0.2) is 11.8 Å². The van der Waals surface area contributed by atoms with Gasteiger partial charge < -0.3 is 19.5 Å². The summed E-state index contributed by atoms with van der Waals surface area (Å²) in [5.41, 5.74) is 1.20. The van der Waals surface area contributed by atoms with Crippen molar-refractivity contribution in [3.05, 3.63) is 42.0 Å². The summed E-state index contributed by atoms with van der Waals surface area (Å²) in [7, 11) is 3.94. The SMILES string of the molecule is CCNC(=NCc1nncn1C)N(C)Cc1ccc(OCC)cc1. The standard InChI is InChI=1S/C17H26N6O/c1-5-18-17(19-11-16-21-20-13-23(16)4)22(3)12-14-7-9-15(10-8-14)24-6-2/h7-10,13H,5-6,11-12H2,1-4H3,(H,18,19). The first kappa shape index (κ1) is 17.8. The number of hydrogen-bond acceptors (Lipinski definition) is 4. The van der Waals surface area contributed by atoms with Gasteiger partial charge in [-0.25, -0.2) is 4.99 Å². The maximum Gasteiger partial charge on any atom is 0.194 e. The van der Waals surface area contributed by atoms with Crippen molar-refractivity contribution in [2.75, 3.05) is 20.2 Å². The van der Waals surface area contributed by atoms with Gasteiger partial charge in [0, 0.05) is 27.2 Å². The number of nitrogens with zero attached hydrogens (tertiary/aromatic N) is 5. The number of aromatic nitrogens is 3. The topological polar surface area (TPSA) is 67.6 Å². The average molecular weight is 330 g/mol. The van der Waals surface area contributed by atoms with Crippen molar-refractivity contribution in [2.45, 2.75) is 26.9 Å². The van der Waals surface area contributed by atoms with E-state index in [2.05, 4.69) is 44.5 Å². The minimum atomic E-state index is 0.493. The van der Waals surface area contributed by atoms with Gasteiger partial charge in [0.2, 0.25) is 0 Å². The first-order valence-corrected chi connectivity index (χ1v) is 8.18. The molecule has 0 spiro atoms. The summed E-state index contributed by atoms with van der Waals surface area (Å²) in [5.74, 6) is 2.57. The molecule has 24 heavy (non-hydrogen) atoms. The molecule has 2 aromatic rings. The molecule has 0 aliphatic heterocycles. The van der Waals surface area contributed by atoms with Crippen LogP contribution in [0.3, 0.4) is 0 Å². The lowest BCUT2D eigenvalue weighted by Crippen LogP contribution is -2.38. The molecule has 2 rings (SSSR count). The Morgan fingerprint density at radius 2 is 2.04 bits per heavy atom. The first-order chi connectivity index (χ1) is 11.6. The molecule has 0 saturated heterocycles. The van der Waals surface area contributed by atoms with Crippen LogP contribution >= 0.6 is 0 Å². The predicted molar refractivity (Wildman–Crippen MR) is 94.9 cm³/mol. The lowest BCUT2D eigenvalue weighted by atomic mass is 10.2. The zero-order valence-electron chi connectivity index (χ0n) is 14.9. The molecule has 0 saturated carbocycles. The summed E-state index contributed by atoms with van der Waals surface area (Å²) in [4.78, 5) is 6.74. The van der Waals surface area contributed by atoms with Crippen molar-refractivity contribution in [3.63, 3.8) is 0 Å². The highest BCUT2D eigenvalue weighted by Gasteiger charge is 2.08. The smallest absolute Gasteiger partial charge is 0.194 e. The van der Waals surface area contributed by atoms with Crippen molar-refractivity contribution >= 4 is 5.96 Å². The third-order valence-corrected chi connectivity index (χ3v) is 3.53. The van der Waals surface area contributed by atoms with E-state index in [1.54, 1.807) is 6.33 Å². The molecule has 1 N–H and O–H groups in total. The van der Waals surface area contributed by atoms with E-state index in [0.29, 0.717) is 13.2 Å². The monoisotopic (exact) mass is 330 g/mol. The van der Waals surface area contributed by atoms with Crippen LogP contribution < -0.4 is 10.1 Å². The van der Waals surface area contributed by atoms with Crippen molar-refractivity contribution in [1.82, 2.24) is 25.0 Å². The quantitative estimate of drug-likeness (QED) is 0.619. The molecule has 0 bridgehead atoms. The van der Waals surface area contributed by atoms with Crippen LogP contribution in [0, 0.1) is 0 Å². The van der Waals surface area contributed by atoms with Gasteiger partial charge in [0.25, 0.3) is 0 Å². The second-order valence-electron chi connectivity index (χ2n) is 5.46. The van der Waals surface area contributed by atoms with Gasteiger partial charge >= 0.3 is 0 Å². The van der Waals surface area contributed by atoms with Gasteiger partial charge in [-0.1, -0.05) is 12.1 Å². The molecule has 1 aromatic heterocycles. The second kappa shape index (κ2) is 8.90. The Hall–Kier alpha value is -2.57. The molecule has 0 unspecified atom stereocenters. The molecule has 0 aliphatic carbocycles. The second-order valence-corrected chi connectivity index (χ2v) is 5.46. The molecule has 130 valence electrons. The molecule has 0 radical (unpaired) electrons. The fraction of sp³-hybridized carbons (Fsp3) is 0.471. The number of hydrogen-bond donors (Lipinski definition) is 1. The van der Waals surface area contributed by atoms with Gasteiger partial charge in [-0.2, -0.15) is 0 Å². The van der Waals surface area contributed by atoms with Crippen LogP contribution in [-0.4, -0.2) is 45.8 Å². The summed E-state index contributed by atoms with van der Waals surface area (Å²) in [5, 5.41) is 11.3. The zero-order valence-corrected chi connectivity index (χ0v) is 14.9. The lowest BCUT2D eigenvalue weighted by molar-refractivity contribution is 0.340. The van der Waals surface area contributed by atoms with E-state index in [0.717, 1.165) is 30.6 Å². The Kier molecular flexibility index (Phi) is 6.60. The normalized spacial score (nSPS) is 11.4. The molecule has 0 aliphatic rings. The minimum absolute atomic E-state index is 0.493. The maximum absolute atomic E-state index is 5.48. The number of ether oxygens (including phenoxy) is 1. The van der Waals surface area contributed by atoms with Gasteiger partial charge in [-0.05, 0) is 31.5 Å². The number of benzene rings is 1. The average Bonchev–Trinajstić information content (AvgIpc) is 2.98. The summed E-state index contributed by atoms with van der Waals surface area (Å²) < 4.78 is 7.35. The number of rotatable bonds is 7. The molecule has 0 atom stereocenters. The molecule has 7 heteroatoms. The van der Waals surface area contributed by atoms with E-state index in [1.807, 2.05) is 37.7 Å². The van der Waals surface area contributed by atoms with E-state index in [9.17, 15) is 0 Å². The highest BCUT2D eigenvalue weighted by molar-refractivity contribution is 5.79. The molecule has 7 nitrogen and oxygen atoms in total. The molecule has 0 amide bonds. The fourth-order valence-corrected chi connectivity index (χ4v) is 2.27. The van der Waals surface area contributed by atoms with Crippen LogP contribution in [0.1, 0.15) is 25.2 Å². The Balaban J connectivity index is 2.02. The van der Waals surface area contributed by atoms with Gasteiger partial charge in [0.1, 0.15) is 18.6 Å². The van der Waals surface area contributed by atoms with Gasteiger partial charge in [-0.15, -0.1) is 10.2 Å². The molecule has 1 aromatic carbocycles. The van der Waals surface area contributed by atoms with Crippen molar-refractivity contribution in [3.8, 4) is 5.75 Å². The number of nitrogens with one attached hydrogen (secondary N) is 1. The summed E-state index contributed by atoms with van der Waals surface area (Å²) in [6, 6.07) is 8.15. The van der Waals surface area contributed by atoms with E-state index < -0.39 is 0 Å². The third-order valence-electron chi connectivity index (χ3n) is 3.53. The van der Waals surface area contributed by atoms with Gasteiger partial charge in [0.05, 0.1) is 6.61 Å². The van der Waals surface area contributed by atoms with Crippen LogP contribution in [0.5, 0.6) is 5.75 Å². The zero-order chi connectivity index (χ0) is 17.4. The molecular weight excluding hydrogens is 304 g/mol. The fourth-order valence-electron chi connectivity index (χ4n) is 2.27. The van der Waals surface area contributed by atoms with Crippen molar-refractivity contribution in [2.24, 2.45) is 12.0 Å². The Morgan fingerprint density at radius 3 is 2.62 bits per heavy atom. The summed E-state index contributed by atoms with van der Waals surface area (Å²) in [6.45, 7) is 6.79.